The third kappa shape index (κ3) is 3.15. The Morgan fingerprint density at radius 1 is 1.25 bits per heavy atom. The highest BCUT2D eigenvalue weighted by molar-refractivity contribution is 7.99. The molecule has 0 radical (unpaired) electrons. The van der Waals surface area contributed by atoms with E-state index in [4.69, 9.17) is 5.11 Å². The van der Waals surface area contributed by atoms with Crippen LogP contribution in [0.3, 0.4) is 0 Å². The minimum absolute atomic E-state index is 0.0343. The molecule has 0 unspecified atom stereocenters. The zero-order valence-electron chi connectivity index (χ0n) is 10.9. The number of carboxylic acids is 1. The van der Waals surface area contributed by atoms with Crippen molar-refractivity contribution in [1.82, 2.24) is 9.97 Å². The first-order chi connectivity index (χ1) is 9.63. The molecule has 0 bridgehead atoms. The molecule has 104 valence electrons. The second-order valence-electron chi connectivity index (χ2n) is 4.06. The number of rotatable bonds is 5. The Balaban J connectivity index is 2.51. The summed E-state index contributed by atoms with van der Waals surface area (Å²) in [7, 11) is 0. The van der Waals surface area contributed by atoms with Gasteiger partial charge in [-0.2, -0.15) is 0 Å². The lowest BCUT2D eigenvalue weighted by Gasteiger charge is -2.09. The Bertz CT molecular complexity index is 617. The first-order valence-corrected chi connectivity index (χ1v) is 7.03. The van der Waals surface area contributed by atoms with Gasteiger partial charge < -0.3 is 10.2 Å². The lowest BCUT2D eigenvalue weighted by molar-refractivity contribution is 0.0690. The summed E-state index contributed by atoms with van der Waals surface area (Å²) < 4.78 is 0. The monoisotopic (exact) mass is 290 g/mol. The molecule has 2 N–H and O–H groups in total. The summed E-state index contributed by atoms with van der Waals surface area (Å²) in [6.45, 7) is 1.62. The Labute approximate surface area is 120 Å². The van der Waals surface area contributed by atoms with E-state index in [9.17, 15) is 9.90 Å². The zero-order chi connectivity index (χ0) is 14.5. The smallest absolute Gasteiger partial charge is 0.340 e. The van der Waals surface area contributed by atoms with Crippen molar-refractivity contribution in [3.8, 4) is 11.4 Å². The van der Waals surface area contributed by atoms with Crippen molar-refractivity contribution in [3.63, 3.8) is 0 Å². The van der Waals surface area contributed by atoms with Crippen LogP contribution < -0.4 is 0 Å². The van der Waals surface area contributed by atoms with Gasteiger partial charge in [-0.3, -0.25) is 0 Å². The molecular weight excluding hydrogens is 276 g/mol. The Kier molecular flexibility index (Phi) is 4.70. The van der Waals surface area contributed by atoms with Gasteiger partial charge in [0, 0.05) is 11.3 Å². The highest BCUT2D eigenvalue weighted by Gasteiger charge is 2.18. The molecule has 1 heterocycles. The largest absolute Gasteiger partial charge is 0.478 e. The molecule has 0 saturated heterocycles. The van der Waals surface area contributed by atoms with Crippen LogP contribution in [-0.2, 0) is 0 Å². The minimum atomic E-state index is -1.05. The molecule has 0 aliphatic carbocycles. The van der Waals surface area contributed by atoms with Gasteiger partial charge in [0.1, 0.15) is 10.6 Å². The van der Waals surface area contributed by atoms with E-state index in [1.807, 2.05) is 30.3 Å². The molecule has 0 spiro atoms. The molecule has 20 heavy (non-hydrogen) atoms. The second-order valence-corrected chi connectivity index (χ2v) is 5.14. The predicted octanol–water partition coefficient (Wildman–Crippen LogP) is 2.23. The maximum Gasteiger partial charge on any atom is 0.340 e. The first kappa shape index (κ1) is 14.5. The number of hydrogen-bond donors (Lipinski definition) is 2. The zero-order valence-corrected chi connectivity index (χ0v) is 11.7. The molecule has 0 aliphatic heterocycles. The minimum Gasteiger partial charge on any atom is -0.478 e. The molecule has 5 nitrogen and oxygen atoms in total. The number of nitrogens with zero attached hydrogens (tertiary/aromatic N) is 2. The molecule has 1 aromatic carbocycles. The van der Waals surface area contributed by atoms with Gasteiger partial charge in [0.2, 0.25) is 0 Å². The Morgan fingerprint density at radius 2 is 1.95 bits per heavy atom. The van der Waals surface area contributed by atoms with Gasteiger partial charge >= 0.3 is 5.97 Å². The summed E-state index contributed by atoms with van der Waals surface area (Å²) in [6, 6.07) is 9.38. The molecule has 0 amide bonds. The molecule has 6 heteroatoms. The van der Waals surface area contributed by atoms with E-state index in [1.54, 1.807) is 6.92 Å². The molecular formula is C14H14N2O3S. The van der Waals surface area contributed by atoms with Gasteiger partial charge in [0.25, 0.3) is 0 Å². The SMILES string of the molecule is Cc1nc(-c2ccccc2)nc(SCCO)c1C(=O)O. The average Bonchev–Trinajstić information content (AvgIpc) is 2.45. The molecule has 2 rings (SSSR count). The third-order valence-corrected chi connectivity index (χ3v) is 3.59. The first-order valence-electron chi connectivity index (χ1n) is 6.04. The molecule has 0 fully saturated rings. The van der Waals surface area contributed by atoms with Gasteiger partial charge in [-0.15, -0.1) is 11.8 Å². The standard InChI is InChI=1S/C14H14N2O3S/c1-9-11(14(18)19)13(20-8-7-17)16-12(15-9)10-5-3-2-4-6-10/h2-6,17H,7-8H2,1H3,(H,18,19). The van der Waals surface area contributed by atoms with Crippen molar-refractivity contribution in [2.45, 2.75) is 11.9 Å². The van der Waals surface area contributed by atoms with Crippen LogP contribution in [0.2, 0.25) is 0 Å². The number of carboxylic acid groups (broad SMARTS) is 1. The Hall–Kier alpha value is -1.92. The van der Waals surface area contributed by atoms with Crippen LogP contribution in [0.15, 0.2) is 35.4 Å². The molecule has 1 aromatic heterocycles. The number of aromatic nitrogens is 2. The number of aromatic carboxylic acids is 1. The van der Waals surface area contributed by atoms with Gasteiger partial charge in [-0.05, 0) is 6.92 Å². The van der Waals surface area contributed by atoms with Crippen molar-refractivity contribution in [3.05, 3.63) is 41.6 Å². The van der Waals surface area contributed by atoms with E-state index in [2.05, 4.69) is 9.97 Å². The van der Waals surface area contributed by atoms with Crippen LogP contribution in [0.5, 0.6) is 0 Å². The van der Waals surface area contributed by atoms with Gasteiger partial charge in [-0.25, -0.2) is 14.8 Å². The van der Waals surface area contributed by atoms with Crippen LogP contribution in [-0.4, -0.2) is 38.5 Å². The summed E-state index contributed by atoms with van der Waals surface area (Å²) in [5.74, 6) is -0.165. The van der Waals surface area contributed by atoms with Crippen LogP contribution in [0.4, 0.5) is 0 Å². The van der Waals surface area contributed by atoms with Gasteiger partial charge in [0.15, 0.2) is 5.82 Å². The van der Waals surface area contributed by atoms with Crippen molar-refractivity contribution >= 4 is 17.7 Å². The summed E-state index contributed by atoms with van der Waals surface area (Å²) in [4.78, 5) is 19.9. The van der Waals surface area contributed by atoms with E-state index in [-0.39, 0.29) is 12.2 Å². The summed E-state index contributed by atoms with van der Waals surface area (Å²) in [5, 5.41) is 18.5. The number of aryl methyl sites for hydroxylation is 1. The quantitative estimate of drug-likeness (QED) is 0.649. The molecule has 0 atom stereocenters. The van der Waals surface area contributed by atoms with Gasteiger partial charge in [-0.1, -0.05) is 30.3 Å². The number of aliphatic hydroxyl groups excluding tert-OH is 1. The van der Waals surface area contributed by atoms with E-state index >= 15 is 0 Å². The van der Waals surface area contributed by atoms with Crippen LogP contribution >= 0.6 is 11.8 Å². The number of hydrogen-bond acceptors (Lipinski definition) is 5. The third-order valence-electron chi connectivity index (χ3n) is 2.63. The fraction of sp³-hybridized carbons (Fsp3) is 0.214. The van der Waals surface area contributed by atoms with Crippen molar-refractivity contribution in [2.24, 2.45) is 0 Å². The summed E-state index contributed by atoms with van der Waals surface area (Å²) in [5.41, 5.74) is 1.35. The number of thioether (sulfide) groups is 1. The fourth-order valence-corrected chi connectivity index (χ4v) is 2.57. The van der Waals surface area contributed by atoms with E-state index in [0.717, 1.165) is 5.56 Å². The maximum absolute atomic E-state index is 11.3. The number of carbonyl (C=O) groups is 1. The lowest BCUT2D eigenvalue weighted by atomic mass is 10.2. The summed E-state index contributed by atoms with van der Waals surface area (Å²) >= 11 is 1.22. The van der Waals surface area contributed by atoms with Crippen LogP contribution in [0, 0.1) is 6.92 Å². The summed E-state index contributed by atoms with van der Waals surface area (Å²) in [6.07, 6.45) is 0. The normalized spacial score (nSPS) is 10.5. The number of benzene rings is 1. The number of aliphatic hydroxyl groups is 1. The fourth-order valence-electron chi connectivity index (χ4n) is 1.76. The maximum atomic E-state index is 11.3. The van der Waals surface area contributed by atoms with E-state index in [0.29, 0.717) is 22.3 Å². The molecule has 0 saturated carbocycles. The van der Waals surface area contributed by atoms with E-state index in [1.165, 1.54) is 11.8 Å². The van der Waals surface area contributed by atoms with Crippen molar-refractivity contribution in [2.75, 3.05) is 12.4 Å². The highest BCUT2D eigenvalue weighted by Crippen LogP contribution is 2.26. The van der Waals surface area contributed by atoms with Crippen molar-refractivity contribution in [1.29, 1.82) is 0 Å². The predicted molar refractivity (Wildman–Crippen MR) is 77.0 cm³/mol. The molecule has 0 aliphatic rings. The lowest BCUT2D eigenvalue weighted by Crippen LogP contribution is -2.08. The second kappa shape index (κ2) is 6.49. The van der Waals surface area contributed by atoms with Crippen LogP contribution in [0.25, 0.3) is 11.4 Å². The molecule has 2 aromatic rings. The van der Waals surface area contributed by atoms with Crippen LogP contribution in [0.1, 0.15) is 16.1 Å². The highest BCUT2D eigenvalue weighted by atomic mass is 32.2. The van der Waals surface area contributed by atoms with E-state index < -0.39 is 5.97 Å². The average molecular weight is 290 g/mol. The Morgan fingerprint density at radius 3 is 2.55 bits per heavy atom. The topological polar surface area (TPSA) is 83.3 Å². The van der Waals surface area contributed by atoms with Crippen molar-refractivity contribution < 1.29 is 15.0 Å². The van der Waals surface area contributed by atoms with Gasteiger partial charge in [0.05, 0.1) is 12.3 Å².